The third kappa shape index (κ3) is 12.3. The molecule has 0 unspecified atom stereocenters. The smallest absolute Gasteiger partial charge is 0.422 e. The van der Waals surface area contributed by atoms with Crippen molar-refractivity contribution < 1.29 is 58.6 Å². The van der Waals surface area contributed by atoms with E-state index in [1.165, 1.54) is 12.1 Å². The lowest BCUT2D eigenvalue weighted by molar-refractivity contribution is -0.184. The molecule has 1 heterocycles. The number of nitrogens with two attached hydrogens (primary N) is 2. The van der Waals surface area contributed by atoms with Crippen LogP contribution in [0.1, 0.15) is 24.0 Å². The second kappa shape index (κ2) is 15.7. The first kappa shape index (κ1) is 36.3. The maximum absolute atomic E-state index is 14.3. The minimum atomic E-state index is -4.62. The normalized spacial score (nSPS) is 15.8. The van der Waals surface area contributed by atoms with Crippen molar-refractivity contribution in [3.63, 3.8) is 0 Å². The first-order valence-corrected chi connectivity index (χ1v) is 13.4. The summed E-state index contributed by atoms with van der Waals surface area (Å²) in [7, 11) is 0. The molecule has 5 N–H and O–H groups in total. The number of halogens is 10. The highest BCUT2D eigenvalue weighted by atomic mass is 32.2. The lowest BCUT2D eigenvalue weighted by Gasteiger charge is -2.33. The van der Waals surface area contributed by atoms with Gasteiger partial charge in [-0.05, 0) is 55.8 Å². The molecular weight excluding hydrogens is 624 g/mol. The van der Waals surface area contributed by atoms with Gasteiger partial charge in [0.15, 0.2) is 18.2 Å². The molecule has 1 aliphatic rings. The average Bonchev–Trinajstić information content (AvgIpc) is 2.93. The Balaban J connectivity index is 0.00000316. The minimum absolute atomic E-state index is 0.0560. The van der Waals surface area contributed by atoms with Crippen LogP contribution in [0.5, 0.6) is 11.5 Å². The Bertz CT molecular complexity index is 1180. The third-order valence-corrected chi connectivity index (χ3v) is 7.37. The summed E-state index contributed by atoms with van der Waals surface area (Å²) in [5.41, 5.74) is 6.11. The number of benzene rings is 2. The van der Waals surface area contributed by atoms with Crippen LogP contribution < -0.4 is 21.1 Å². The van der Waals surface area contributed by atoms with Gasteiger partial charge in [-0.3, -0.25) is 4.90 Å². The van der Waals surface area contributed by atoms with Gasteiger partial charge in [0.05, 0.1) is 11.5 Å². The van der Waals surface area contributed by atoms with Crippen LogP contribution in [-0.4, -0.2) is 55.3 Å². The van der Waals surface area contributed by atoms with Crippen molar-refractivity contribution in [3.8, 4) is 11.5 Å². The molecule has 0 atom stereocenters. The second-order valence-electron chi connectivity index (χ2n) is 9.31. The van der Waals surface area contributed by atoms with E-state index in [-0.39, 0.29) is 56.3 Å². The Kier molecular flexibility index (Phi) is 13.3. The number of hydrogen-bond acceptors (Lipinski definition) is 7. The predicted molar refractivity (Wildman–Crippen MR) is 139 cm³/mol. The van der Waals surface area contributed by atoms with E-state index < -0.39 is 48.2 Å². The van der Waals surface area contributed by atoms with Crippen molar-refractivity contribution in [2.24, 2.45) is 17.5 Å². The van der Waals surface area contributed by atoms with Gasteiger partial charge in [0.25, 0.3) is 0 Å². The quantitative estimate of drug-likeness (QED) is 0.190. The van der Waals surface area contributed by atoms with Gasteiger partial charge in [-0.1, -0.05) is 12.1 Å². The van der Waals surface area contributed by atoms with Gasteiger partial charge in [-0.2, -0.15) is 39.5 Å². The maximum atomic E-state index is 14.3. The number of ether oxygens (including phenoxy) is 2. The lowest BCUT2D eigenvalue weighted by Crippen LogP contribution is -2.40. The highest BCUT2D eigenvalue weighted by Crippen LogP contribution is 2.35. The van der Waals surface area contributed by atoms with Crippen molar-refractivity contribution in [1.29, 1.82) is 0 Å². The summed E-state index contributed by atoms with van der Waals surface area (Å²) in [4.78, 5) is 2.03. The molecule has 0 aromatic heterocycles. The average molecular weight is 654 g/mol. The van der Waals surface area contributed by atoms with Gasteiger partial charge >= 0.3 is 18.5 Å². The monoisotopic (exact) mass is 653 g/mol. The zero-order chi connectivity index (χ0) is 32.4. The first-order valence-electron chi connectivity index (χ1n) is 12.4. The van der Waals surface area contributed by atoms with Crippen molar-refractivity contribution in [2.75, 3.05) is 32.8 Å². The Hall–Kier alpha value is -2.89. The number of nitrogens with zero attached hydrogens (tertiary/aromatic N) is 1. The van der Waals surface area contributed by atoms with Crippen molar-refractivity contribution in [2.45, 2.75) is 37.1 Å². The van der Waals surface area contributed by atoms with Crippen LogP contribution in [0, 0.1) is 11.7 Å². The third-order valence-electron chi connectivity index (χ3n) is 6.16. The summed E-state index contributed by atoms with van der Waals surface area (Å²) in [6, 6.07) is 7.13. The molecule has 3 rings (SSSR count). The van der Waals surface area contributed by atoms with E-state index >= 15 is 0 Å². The Morgan fingerprint density at radius 3 is 2.05 bits per heavy atom. The summed E-state index contributed by atoms with van der Waals surface area (Å²) in [6.07, 6.45) is -13.7. The fourth-order valence-electron chi connectivity index (χ4n) is 3.93. The highest BCUT2D eigenvalue weighted by Gasteiger charge is 2.41. The fourth-order valence-corrected chi connectivity index (χ4v) is 4.85. The van der Waals surface area contributed by atoms with E-state index in [0.29, 0.717) is 10.5 Å². The molecule has 2 aromatic rings. The second-order valence-corrected chi connectivity index (χ2v) is 10.4. The molecule has 43 heavy (non-hydrogen) atoms. The number of likely N-dealkylation sites (tertiary alicyclic amines) is 1. The molecule has 0 aliphatic carbocycles. The molecule has 2 aromatic carbocycles. The van der Waals surface area contributed by atoms with Crippen LogP contribution in [0.3, 0.4) is 0 Å². The first-order chi connectivity index (χ1) is 20.0. The van der Waals surface area contributed by atoms with E-state index in [0.717, 1.165) is 42.1 Å². The molecule has 1 fully saturated rings. The summed E-state index contributed by atoms with van der Waals surface area (Å²) in [5.74, 6) is 0.573. The summed E-state index contributed by atoms with van der Waals surface area (Å²) in [5, 5.41) is 6.50. The van der Waals surface area contributed by atoms with Crippen LogP contribution in [0.4, 0.5) is 43.9 Å². The molecule has 0 radical (unpaired) electrons. The minimum Gasteiger partial charge on any atom is -0.485 e. The van der Waals surface area contributed by atoms with Crippen LogP contribution in [0.2, 0.25) is 0 Å². The molecule has 0 saturated carbocycles. The topological polar surface area (TPSA) is 94.0 Å². The molecule has 0 spiro atoms. The predicted octanol–water partition coefficient (Wildman–Crippen LogP) is 6.88. The molecular formula is C26H29F10N3O3S. The van der Waals surface area contributed by atoms with Crippen LogP contribution in [-0.2, 0) is 11.9 Å². The van der Waals surface area contributed by atoms with Crippen LogP contribution in [0.15, 0.2) is 53.1 Å². The molecule has 1 aliphatic heterocycles. The van der Waals surface area contributed by atoms with E-state index in [4.69, 9.17) is 15.7 Å². The number of hydrogen-bond donors (Lipinski definition) is 3. The van der Waals surface area contributed by atoms with Gasteiger partial charge in [0, 0.05) is 29.0 Å². The lowest BCUT2D eigenvalue weighted by atomic mass is 9.96. The van der Waals surface area contributed by atoms with E-state index in [1.807, 2.05) is 0 Å². The largest absolute Gasteiger partial charge is 0.485 e. The number of piperidine rings is 1. The van der Waals surface area contributed by atoms with Gasteiger partial charge in [-0.25, -0.2) is 10.3 Å². The zero-order valence-electron chi connectivity index (χ0n) is 22.3. The van der Waals surface area contributed by atoms with Gasteiger partial charge < -0.3 is 20.4 Å². The maximum Gasteiger partial charge on any atom is 0.422 e. The van der Waals surface area contributed by atoms with Crippen molar-refractivity contribution >= 4 is 11.8 Å². The summed E-state index contributed by atoms with van der Waals surface area (Å²) < 4.78 is 140. The molecule has 0 bridgehead atoms. The number of rotatable bonds is 10. The van der Waals surface area contributed by atoms with Gasteiger partial charge in [-0.15, -0.1) is 11.8 Å². The van der Waals surface area contributed by atoms with Gasteiger partial charge in [0.1, 0.15) is 12.4 Å². The van der Waals surface area contributed by atoms with Crippen LogP contribution in [0.25, 0.3) is 0 Å². The Morgan fingerprint density at radius 1 is 0.907 bits per heavy atom. The number of thioether (sulfide) groups is 1. The highest BCUT2D eigenvalue weighted by molar-refractivity contribution is 8.02. The fraction of sp³-hybridized carbons (Fsp3) is 0.462. The van der Waals surface area contributed by atoms with Gasteiger partial charge in [0.2, 0.25) is 0 Å². The molecule has 17 heteroatoms. The molecule has 6 nitrogen and oxygen atoms in total. The Morgan fingerprint density at radius 2 is 1.51 bits per heavy atom. The summed E-state index contributed by atoms with van der Waals surface area (Å²) >= 11 is 1.07. The zero-order valence-corrected chi connectivity index (χ0v) is 23.1. The Labute approximate surface area is 244 Å². The summed E-state index contributed by atoms with van der Waals surface area (Å²) in [6.45, 7) is -1.67. The van der Waals surface area contributed by atoms with Crippen molar-refractivity contribution in [3.05, 3.63) is 70.0 Å². The molecule has 0 amide bonds. The standard InChI is InChI=1S/C26H26F10N2O2S.H3NO/c27-20-6-5-19(40-15-24(28,29)30)11-22(20)39-13-23(41-14-16-1-3-17(4-2-16)25(31,32)33)21(37)12-38-9-7-18(8-10-38)26(34,35)36;1-2/h1-6,11,18H,7-10,12-15,37H2;2H,1H2/b23-21-;. The van der Waals surface area contributed by atoms with E-state index in [9.17, 15) is 43.9 Å². The molecule has 1 saturated heterocycles. The van der Waals surface area contributed by atoms with E-state index in [2.05, 4.69) is 10.6 Å². The van der Waals surface area contributed by atoms with Crippen molar-refractivity contribution in [1.82, 2.24) is 4.90 Å². The number of alkyl halides is 9. The SMILES string of the molecule is N/C(CN1CCC(C(F)(F)F)CC1)=C(/COc1cc(OCC(F)(F)F)ccc1F)SCc1ccc(C(F)(F)F)cc1.NO. The molecule has 242 valence electrons. The van der Waals surface area contributed by atoms with Crippen LogP contribution >= 0.6 is 11.8 Å². The van der Waals surface area contributed by atoms with E-state index in [1.54, 1.807) is 4.90 Å².